The normalized spacial score (nSPS) is 17.5. The highest BCUT2D eigenvalue weighted by molar-refractivity contribution is 6.07. The monoisotopic (exact) mass is 397 g/mol. The number of aromatic nitrogens is 2. The molecule has 0 spiro atoms. The van der Waals surface area contributed by atoms with Gasteiger partial charge in [-0.2, -0.15) is 0 Å². The number of benzene rings is 1. The second kappa shape index (κ2) is 8.63. The molecule has 0 atom stereocenters. The molecule has 0 saturated carbocycles. The average molecular weight is 397 g/mol. The first-order valence-corrected chi connectivity index (χ1v) is 10.4. The highest BCUT2D eigenvalue weighted by Gasteiger charge is 2.28. The number of hydrogen-bond acceptors (Lipinski definition) is 6. The van der Waals surface area contributed by atoms with Crippen molar-refractivity contribution in [3.8, 4) is 0 Å². The first-order valence-electron chi connectivity index (χ1n) is 10.4. The molecule has 2 aromatic rings. The first-order chi connectivity index (χ1) is 14.2. The molecule has 2 fully saturated rings. The fraction of sp³-hybridized carbons (Fsp3) is 0.524. The number of amides is 2. The Morgan fingerprint density at radius 1 is 0.897 bits per heavy atom. The van der Waals surface area contributed by atoms with E-state index in [9.17, 15) is 9.59 Å². The number of rotatable bonds is 3. The third-order valence-electron chi connectivity index (χ3n) is 5.62. The molecule has 3 heterocycles. The number of carbonyl (C=O) groups excluding carboxylic acids is 2. The fourth-order valence-electron chi connectivity index (χ4n) is 4.04. The van der Waals surface area contributed by atoms with E-state index in [1.807, 2.05) is 24.3 Å². The van der Waals surface area contributed by atoms with E-state index in [0.29, 0.717) is 38.5 Å². The van der Waals surface area contributed by atoms with E-state index < -0.39 is 0 Å². The van der Waals surface area contributed by atoms with Crippen LogP contribution in [0, 0.1) is 0 Å². The molecule has 1 aromatic carbocycles. The lowest BCUT2D eigenvalue weighted by Gasteiger charge is -2.34. The summed E-state index contributed by atoms with van der Waals surface area (Å²) in [6.07, 6.45) is 3.23. The number of ether oxygens (including phenoxy) is 1. The average Bonchev–Trinajstić information content (AvgIpc) is 2.79. The Hall–Kier alpha value is -2.90. The maximum Gasteiger partial charge on any atom is 0.409 e. The van der Waals surface area contributed by atoms with Crippen molar-refractivity contribution in [2.75, 3.05) is 50.8 Å². The molecule has 8 nitrogen and oxygen atoms in total. The van der Waals surface area contributed by atoms with Gasteiger partial charge in [-0.3, -0.25) is 4.79 Å². The van der Waals surface area contributed by atoms with Gasteiger partial charge in [0.05, 0.1) is 6.61 Å². The summed E-state index contributed by atoms with van der Waals surface area (Å²) in [6.45, 7) is 5.92. The van der Waals surface area contributed by atoms with Crippen molar-refractivity contribution in [2.24, 2.45) is 0 Å². The summed E-state index contributed by atoms with van der Waals surface area (Å²) in [5, 5.41) is 10.6. The molecular formula is C21H27N5O3. The van der Waals surface area contributed by atoms with E-state index in [0.717, 1.165) is 42.5 Å². The summed E-state index contributed by atoms with van der Waals surface area (Å²) in [5.41, 5.74) is 0.381. The third kappa shape index (κ3) is 3.97. The van der Waals surface area contributed by atoms with Gasteiger partial charge in [-0.05, 0) is 26.2 Å². The predicted molar refractivity (Wildman–Crippen MR) is 110 cm³/mol. The van der Waals surface area contributed by atoms with Crippen molar-refractivity contribution in [1.29, 1.82) is 0 Å². The van der Waals surface area contributed by atoms with Gasteiger partial charge in [-0.15, -0.1) is 10.2 Å². The lowest BCUT2D eigenvalue weighted by molar-refractivity contribution is 0.0567. The zero-order valence-corrected chi connectivity index (χ0v) is 16.8. The van der Waals surface area contributed by atoms with Gasteiger partial charge in [0.1, 0.15) is 0 Å². The third-order valence-corrected chi connectivity index (χ3v) is 5.62. The van der Waals surface area contributed by atoms with Crippen LogP contribution >= 0.6 is 0 Å². The summed E-state index contributed by atoms with van der Waals surface area (Å²) in [5.74, 6) is 0.728. The minimum atomic E-state index is -0.323. The summed E-state index contributed by atoms with van der Waals surface area (Å²) in [7, 11) is 0. The molecule has 0 unspecified atom stereocenters. The molecule has 2 saturated heterocycles. The molecule has 8 heteroatoms. The molecule has 1 aromatic heterocycles. The van der Waals surface area contributed by atoms with E-state index in [-0.39, 0.29) is 12.0 Å². The van der Waals surface area contributed by atoms with Gasteiger partial charge < -0.3 is 19.4 Å². The smallest absolute Gasteiger partial charge is 0.409 e. The zero-order valence-electron chi connectivity index (χ0n) is 16.8. The van der Waals surface area contributed by atoms with Gasteiger partial charge in [-0.1, -0.05) is 24.3 Å². The van der Waals surface area contributed by atoms with E-state index in [1.165, 1.54) is 6.42 Å². The number of fused-ring (bicyclic) bond motifs is 1. The van der Waals surface area contributed by atoms with Gasteiger partial charge in [-0.25, -0.2) is 4.79 Å². The largest absolute Gasteiger partial charge is 0.450 e. The van der Waals surface area contributed by atoms with Gasteiger partial charge >= 0.3 is 6.09 Å². The zero-order chi connectivity index (χ0) is 20.2. The number of piperidine rings is 1. The SMILES string of the molecule is CCOC(=O)N1CCN(C(=O)c2nnc(N3CCCCC3)c3ccccc23)CC1. The van der Waals surface area contributed by atoms with Gasteiger partial charge in [0.25, 0.3) is 5.91 Å². The quantitative estimate of drug-likeness (QED) is 0.792. The fourth-order valence-corrected chi connectivity index (χ4v) is 4.04. The predicted octanol–water partition coefficient (Wildman–Crippen LogP) is 2.53. The molecule has 29 heavy (non-hydrogen) atoms. The van der Waals surface area contributed by atoms with Crippen LogP contribution in [0.3, 0.4) is 0 Å². The van der Waals surface area contributed by atoms with Crippen molar-refractivity contribution in [1.82, 2.24) is 20.0 Å². The van der Waals surface area contributed by atoms with Crippen LogP contribution < -0.4 is 4.90 Å². The maximum atomic E-state index is 13.2. The Morgan fingerprint density at radius 3 is 2.24 bits per heavy atom. The van der Waals surface area contributed by atoms with Crippen molar-refractivity contribution in [3.63, 3.8) is 0 Å². The van der Waals surface area contributed by atoms with Crippen LogP contribution in [-0.2, 0) is 4.74 Å². The highest BCUT2D eigenvalue weighted by atomic mass is 16.6. The van der Waals surface area contributed by atoms with Crippen LogP contribution in [0.1, 0.15) is 36.7 Å². The van der Waals surface area contributed by atoms with Gasteiger partial charge in [0, 0.05) is 50.0 Å². The Balaban J connectivity index is 1.55. The van der Waals surface area contributed by atoms with Crippen molar-refractivity contribution < 1.29 is 14.3 Å². The van der Waals surface area contributed by atoms with Crippen LogP contribution in [0.25, 0.3) is 10.8 Å². The number of piperazine rings is 1. The molecule has 2 aliphatic rings. The van der Waals surface area contributed by atoms with Gasteiger partial charge in [0.2, 0.25) is 0 Å². The number of hydrogen-bond donors (Lipinski definition) is 0. The number of nitrogens with zero attached hydrogens (tertiary/aromatic N) is 5. The van der Waals surface area contributed by atoms with E-state index in [4.69, 9.17) is 4.74 Å². The Kier molecular flexibility index (Phi) is 5.78. The van der Waals surface area contributed by atoms with Gasteiger partial charge in [0.15, 0.2) is 11.5 Å². The first kappa shape index (κ1) is 19.4. The molecule has 4 rings (SSSR count). The number of anilines is 1. The molecular weight excluding hydrogens is 370 g/mol. The standard InChI is InChI=1S/C21H27N5O3/c1-2-29-21(28)26-14-12-25(13-15-26)20(27)18-16-8-4-5-9-17(16)19(23-22-18)24-10-6-3-7-11-24/h4-5,8-9H,2-3,6-7,10-15H2,1H3. The van der Waals surface area contributed by atoms with E-state index in [1.54, 1.807) is 16.7 Å². The lowest BCUT2D eigenvalue weighted by Crippen LogP contribution is -2.51. The van der Waals surface area contributed by atoms with Crippen LogP contribution in [-0.4, -0.2) is 77.9 Å². The Labute approximate surface area is 170 Å². The van der Waals surface area contributed by atoms with Crippen LogP contribution in [0.5, 0.6) is 0 Å². The summed E-state index contributed by atoms with van der Waals surface area (Å²) >= 11 is 0. The molecule has 154 valence electrons. The molecule has 2 aliphatic heterocycles. The topological polar surface area (TPSA) is 78.9 Å². The maximum absolute atomic E-state index is 13.2. The summed E-state index contributed by atoms with van der Waals surface area (Å²) in [4.78, 5) is 30.7. The van der Waals surface area contributed by atoms with Crippen LogP contribution in [0.4, 0.5) is 10.6 Å². The van der Waals surface area contributed by atoms with Crippen molar-refractivity contribution in [3.05, 3.63) is 30.0 Å². The minimum absolute atomic E-state index is 0.137. The van der Waals surface area contributed by atoms with E-state index in [2.05, 4.69) is 15.1 Å². The van der Waals surface area contributed by atoms with Crippen molar-refractivity contribution in [2.45, 2.75) is 26.2 Å². The van der Waals surface area contributed by atoms with E-state index >= 15 is 0 Å². The summed E-state index contributed by atoms with van der Waals surface area (Å²) < 4.78 is 5.05. The minimum Gasteiger partial charge on any atom is -0.450 e. The second-order valence-corrected chi connectivity index (χ2v) is 7.44. The lowest BCUT2D eigenvalue weighted by atomic mass is 10.1. The summed E-state index contributed by atoms with van der Waals surface area (Å²) in [6, 6.07) is 7.87. The molecule has 2 amide bonds. The Morgan fingerprint density at radius 2 is 1.55 bits per heavy atom. The van der Waals surface area contributed by atoms with Crippen molar-refractivity contribution >= 4 is 28.6 Å². The highest BCUT2D eigenvalue weighted by Crippen LogP contribution is 2.28. The molecule has 0 radical (unpaired) electrons. The number of carbonyl (C=O) groups is 2. The molecule has 0 aliphatic carbocycles. The van der Waals surface area contributed by atoms with Crippen LogP contribution in [0.15, 0.2) is 24.3 Å². The second-order valence-electron chi connectivity index (χ2n) is 7.44. The van der Waals surface area contributed by atoms with Crippen LogP contribution in [0.2, 0.25) is 0 Å². The molecule has 0 bridgehead atoms. The molecule has 0 N–H and O–H groups in total. The Bertz CT molecular complexity index is 889.